The highest BCUT2D eigenvalue weighted by Crippen LogP contribution is 2.20. The molecule has 6 nitrogen and oxygen atoms in total. The molecule has 6 heteroatoms. The van der Waals surface area contributed by atoms with Crippen molar-refractivity contribution in [1.82, 2.24) is 5.43 Å². The average molecular weight is 327 g/mol. The first kappa shape index (κ1) is 17.3. The molecule has 1 amide bonds. The van der Waals surface area contributed by atoms with Crippen molar-refractivity contribution in [3.8, 4) is 11.5 Å². The Hall–Kier alpha value is -3.02. The Balaban J connectivity index is 1.94. The lowest BCUT2D eigenvalue weighted by Gasteiger charge is -2.13. The topological polar surface area (TPSA) is 83.0 Å². The van der Waals surface area contributed by atoms with E-state index in [9.17, 15) is 9.90 Å². The molecule has 1 unspecified atom stereocenters. The Bertz CT molecular complexity index is 744. The molecule has 0 fully saturated rings. The monoisotopic (exact) mass is 327 g/mol. The van der Waals surface area contributed by atoms with Crippen LogP contribution >= 0.6 is 0 Å². The Labute approximate surface area is 141 Å². The van der Waals surface area contributed by atoms with Gasteiger partial charge in [-0.3, -0.25) is 4.79 Å². The summed E-state index contributed by atoms with van der Waals surface area (Å²) >= 11 is 0. The first-order valence-corrected chi connectivity index (χ1v) is 7.52. The SMILES string of the molecule is COc1ccc(O)c(/C=N/NC(=O)C(C)Nc2cccc(C)c2)c1. The molecule has 0 saturated carbocycles. The van der Waals surface area contributed by atoms with Crippen LogP contribution in [0.25, 0.3) is 0 Å². The number of hydrogen-bond acceptors (Lipinski definition) is 5. The van der Waals surface area contributed by atoms with Crippen molar-refractivity contribution >= 4 is 17.8 Å². The molecule has 0 aliphatic heterocycles. The number of methoxy groups -OCH3 is 1. The van der Waals surface area contributed by atoms with Gasteiger partial charge in [-0.1, -0.05) is 12.1 Å². The van der Waals surface area contributed by atoms with Crippen molar-refractivity contribution in [2.75, 3.05) is 12.4 Å². The number of carbonyl (C=O) groups is 1. The molecule has 0 saturated heterocycles. The molecule has 2 rings (SSSR count). The maximum absolute atomic E-state index is 12.1. The zero-order chi connectivity index (χ0) is 17.5. The molecule has 126 valence electrons. The smallest absolute Gasteiger partial charge is 0.262 e. The lowest BCUT2D eigenvalue weighted by molar-refractivity contribution is -0.121. The molecule has 0 heterocycles. The maximum atomic E-state index is 12.1. The van der Waals surface area contributed by atoms with Gasteiger partial charge in [-0.2, -0.15) is 5.10 Å². The van der Waals surface area contributed by atoms with E-state index in [0.29, 0.717) is 11.3 Å². The normalized spacial score (nSPS) is 12.0. The number of hydrazone groups is 1. The first-order valence-electron chi connectivity index (χ1n) is 7.52. The molecule has 0 bridgehead atoms. The van der Waals surface area contributed by atoms with Crippen molar-refractivity contribution in [2.24, 2.45) is 5.10 Å². The Morgan fingerprint density at radius 3 is 2.79 bits per heavy atom. The van der Waals surface area contributed by atoms with E-state index in [-0.39, 0.29) is 11.7 Å². The minimum atomic E-state index is -0.456. The highest BCUT2D eigenvalue weighted by molar-refractivity contribution is 5.88. The third-order valence-electron chi connectivity index (χ3n) is 3.41. The van der Waals surface area contributed by atoms with Crippen LogP contribution in [0.2, 0.25) is 0 Å². The van der Waals surface area contributed by atoms with E-state index in [2.05, 4.69) is 15.8 Å². The number of nitrogens with one attached hydrogen (secondary N) is 2. The van der Waals surface area contributed by atoms with Gasteiger partial charge >= 0.3 is 0 Å². The predicted molar refractivity (Wildman–Crippen MR) is 94.7 cm³/mol. The molecule has 0 aliphatic rings. The van der Waals surface area contributed by atoms with Gasteiger partial charge in [-0.15, -0.1) is 0 Å². The number of carbonyl (C=O) groups excluding carboxylic acids is 1. The Morgan fingerprint density at radius 2 is 2.08 bits per heavy atom. The molecular formula is C18H21N3O3. The second kappa shape index (κ2) is 8.01. The molecule has 2 aromatic carbocycles. The predicted octanol–water partition coefficient (Wildman–Crippen LogP) is 2.66. The third kappa shape index (κ3) is 4.74. The van der Waals surface area contributed by atoms with Gasteiger partial charge in [0, 0.05) is 11.3 Å². The molecule has 0 aliphatic carbocycles. The van der Waals surface area contributed by atoms with Gasteiger partial charge in [-0.05, 0) is 49.7 Å². The molecule has 0 radical (unpaired) electrons. The summed E-state index contributed by atoms with van der Waals surface area (Å²) in [4.78, 5) is 12.1. The molecule has 0 spiro atoms. The summed E-state index contributed by atoms with van der Waals surface area (Å²) in [5, 5.41) is 16.7. The van der Waals surface area contributed by atoms with E-state index < -0.39 is 6.04 Å². The van der Waals surface area contributed by atoms with Crippen LogP contribution in [0.15, 0.2) is 47.6 Å². The summed E-state index contributed by atoms with van der Waals surface area (Å²) in [7, 11) is 1.54. The average Bonchev–Trinajstić information content (AvgIpc) is 2.56. The largest absolute Gasteiger partial charge is 0.507 e. The number of phenolic OH excluding ortho intramolecular Hbond substituents is 1. The van der Waals surface area contributed by atoms with Crippen LogP contribution in [0.4, 0.5) is 5.69 Å². The highest BCUT2D eigenvalue weighted by Gasteiger charge is 2.11. The number of aryl methyl sites for hydroxylation is 1. The molecule has 24 heavy (non-hydrogen) atoms. The first-order chi connectivity index (χ1) is 11.5. The third-order valence-corrected chi connectivity index (χ3v) is 3.41. The molecule has 2 aromatic rings. The van der Waals surface area contributed by atoms with Gasteiger partial charge in [0.15, 0.2) is 0 Å². The molecule has 0 aromatic heterocycles. The molecule has 1 atom stereocenters. The van der Waals surface area contributed by atoms with Gasteiger partial charge in [0.05, 0.1) is 13.3 Å². The van der Waals surface area contributed by atoms with Crippen LogP contribution in [0.3, 0.4) is 0 Å². The summed E-state index contributed by atoms with van der Waals surface area (Å²) in [5.41, 5.74) is 4.88. The summed E-state index contributed by atoms with van der Waals surface area (Å²) in [5.74, 6) is 0.366. The fourth-order valence-electron chi connectivity index (χ4n) is 2.08. The highest BCUT2D eigenvalue weighted by atomic mass is 16.5. The van der Waals surface area contributed by atoms with Crippen LogP contribution in [0.5, 0.6) is 11.5 Å². The number of hydrogen-bond donors (Lipinski definition) is 3. The Morgan fingerprint density at radius 1 is 1.29 bits per heavy atom. The molecule has 3 N–H and O–H groups in total. The number of amides is 1. The number of nitrogens with zero attached hydrogens (tertiary/aromatic N) is 1. The number of rotatable bonds is 6. The van der Waals surface area contributed by atoms with Crippen molar-refractivity contribution in [3.05, 3.63) is 53.6 Å². The van der Waals surface area contributed by atoms with Crippen LogP contribution in [-0.4, -0.2) is 30.4 Å². The minimum absolute atomic E-state index is 0.0553. The number of phenols is 1. The summed E-state index contributed by atoms with van der Waals surface area (Å²) in [6.07, 6.45) is 1.37. The number of anilines is 1. The number of aromatic hydroxyl groups is 1. The van der Waals surface area contributed by atoms with E-state index in [4.69, 9.17) is 4.74 Å². The van der Waals surface area contributed by atoms with Crippen LogP contribution < -0.4 is 15.5 Å². The van der Waals surface area contributed by atoms with Crippen molar-refractivity contribution < 1.29 is 14.6 Å². The fourth-order valence-corrected chi connectivity index (χ4v) is 2.08. The quantitative estimate of drug-likeness (QED) is 0.563. The van der Waals surface area contributed by atoms with E-state index in [1.165, 1.54) is 19.4 Å². The second-order valence-electron chi connectivity index (χ2n) is 5.39. The van der Waals surface area contributed by atoms with Crippen LogP contribution in [0.1, 0.15) is 18.1 Å². The van der Waals surface area contributed by atoms with E-state index >= 15 is 0 Å². The van der Waals surface area contributed by atoms with Crippen molar-refractivity contribution in [2.45, 2.75) is 19.9 Å². The van der Waals surface area contributed by atoms with E-state index in [1.807, 2.05) is 31.2 Å². The van der Waals surface area contributed by atoms with Gasteiger partial charge in [0.25, 0.3) is 5.91 Å². The van der Waals surface area contributed by atoms with Crippen LogP contribution in [-0.2, 0) is 4.79 Å². The maximum Gasteiger partial charge on any atom is 0.262 e. The standard InChI is InChI=1S/C18H21N3O3/c1-12-5-4-6-15(9-12)20-13(2)18(23)21-19-11-14-10-16(24-3)7-8-17(14)22/h4-11,13,20,22H,1-3H3,(H,21,23)/b19-11+. The number of ether oxygens (including phenoxy) is 1. The lowest BCUT2D eigenvalue weighted by Crippen LogP contribution is -2.34. The summed E-state index contributed by atoms with van der Waals surface area (Å²) < 4.78 is 5.08. The van der Waals surface area contributed by atoms with Gasteiger partial charge in [-0.25, -0.2) is 5.43 Å². The van der Waals surface area contributed by atoms with E-state index in [1.54, 1.807) is 19.1 Å². The zero-order valence-corrected chi connectivity index (χ0v) is 13.9. The summed E-state index contributed by atoms with van der Waals surface area (Å²) in [6.45, 7) is 3.73. The Kier molecular flexibility index (Phi) is 5.78. The second-order valence-corrected chi connectivity index (χ2v) is 5.39. The lowest BCUT2D eigenvalue weighted by atomic mass is 10.2. The van der Waals surface area contributed by atoms with Crippen molar-refractivity contribution in [1.29, 1.82) is 0 Å². The van der Waals surface area contributed by atoms with Crippen molar-refractivity contribution in [3.63, 3.8) is 0 Å². The summed E-state index contributed by atoms with van der Waals surface area (Å²) in [6, 6.07) is 12.1. The minimum Gasteiger partial charge on any atom is -0.507 e. The fraction of sp³-hybridized carbons (Fsp3) is 0.222. The van der Waals surface area contributed by atoms with Gasteiger partial charge in [0.2, 0.25) is 0 Å². The van der Waals surface area contributed by atoms with E-state index in [0.717, 1.165) is 11.3 Å². The number of benzene rings is 2. The molecular weight excluding hydrogens is 306 g/mol. The van der Waals surface area contributed by atoms with Crippen LogP contribution in [0, 0.1) is 6.92 Å². The zero-order valence-electron chi connectivity index (χ0n) is 13.9. The van der Waals surface area contributed by atoms with Gasteiger partial charge < -0.3 is 15.2 Å². The van der Waals surface area contributed by atoms with Gasteiger partial charge in [0.1, 0.15) is 17.5 Å².